The molecular formula is C21H20N2O4. The van der Waals surface area contributed by atoms with Crippen LogP contribution < -0.4 is 15.4 Å². The van der Waals surface area contributed by atoms with Crippen LogP contribution in [-0.4, -0.2) is 25.2 Å². The van der Waals surface area contributed by atoms with Crippen LogP contribution in [0, 0.1) is 0 Å². The Bertz CT molecular complexity index is 949. The van der Waals surface area contributed by atoms with Gasteiger partial charge >= 0.3 is 6.09 Å². The number of rotatable bonds is 5. The maximum absolute atomic E-state index is 12.4. The lowest BCUT2D eigenvalue weighted by atomic mass is 10.1. The zero-order chi connectivity index (χ0) is 19.2. The van der Waals surface area contributed by atoms with Crippen molar-refractivity contribution >= 4 is 34.1 Å². The number of nitrogens with one attached hydrogen (secondary N) is 2. The van der Waals surface area contributed by atoms with E-state index < -0.39 is 12.2 Å². The second-order valence-corrected chi connectivity index (χ2v) is 5.92. The molecule has 6 heteroatoms. The van der Waals surface area contributed by atoms with Crippen LogP contribution in [0.3, 0.4) is 0 Å². The summed E-state index contributed by atoms with van der Waals surface area (Å²) in [6, 6.07) is 20.3. The number of anilines is 2. The van der Waals surface area contributed by atoms with Gasteiger partial charge in [-0.3, -0.25) is 10.1 Å². The van der Waals surface area contributed by atoms with E-state index in [0.29, 0.717) is 17.1 Å². The molecule has 0 saturated heterocycles. The van der Waals surface area contributed by atoms with E-state index in [1.807, 2.05) is 42.5 Å². The summed E-state index contributed by atoms with van der Waals surface area (Å²) in [5.41, 5.74) is 1.17. The van der Waals surface area contributed by atoms with Crippen molar-refractivity contribution in [3.8, 4) is 5.75 Å². The first-order chi connectivity index (χ1) is 13.1. The Labute approximate surface area is 157 Å². The summed E-state index contributed by atoms with van der Waals surface area (Å²) < 4.78 is 10.4. The Hall–Kier alpha value is -3.54. The molecule has 138 valence electrons. The van der Waals surface area contributed by atoms with Crippen LogP contribution in [0.15, 0.2) is 66.7 Å². The van der Waals surface area contributed by atoms with Crippen molar-refractivity contribution in [1.82, 2.24) is 0 Å². The molecule has 0 fully saturated rings. The minimum Gasteiger partial charge on any atom is -0.480 e. The van der Waals surface area contributed by atoms with Gasteiger partial charge in [-0.2, -0.15) is 0 Å². The summed E-state index contributed by atoms with van der Waals surface area (Å²) in [7, 11) is 1.29. The van der Waals surface area contributed by atoms with E-state index in [9.17, 15) is 9.59 Å². The highest BCUT2D eigenvalue weighted by Gasteiger charge is 2.16. The van der Waals surface area contributed by atoms with E-state index in [4.69, 9.17) is 4.74 Å². The molecule has 0 saturated carbocycles. The summed E-state index contributed by atoms with van der Waals surface area (Å²) in [5.74, 6) is 0.394. The van der Waals surface area contributed by atoms with Gasteiger partial charge in [0, 0.05) is 16.8 Å². The van der Waals surface area contributed by atoms with Gasteiger partial charge in [0.15, 0.2) is 6.10 Å². The topological polar surface area (TPSA) is 76.7 Å². The first kappa shape index (κ1) is 18.3. The highest BCUT2D eigenvalue weighted by atomic mass is 16.5. The van der Waals surface area contributed by atoms with Crippen molar-refractivity contribution in [2.75, 3.05) is 17.7 Å². The normalized spacial score (nSPS) is 11.5. The molecule has 0 radical (unpaired) electrons. The van der Waals surface area contributed by atoms with Crippen LogP contribution in [-0.2, 0) is 9.53 Å². The summed E-state index contributed by atoms with van der Waals surface area (Å²) in [6.07, 6.45) is -1.23. The van der Waals surface area contributed by atoms with Gasteiger partial charge in [0.25, 0.3) is 5.91 Å². The molecule has 2 N–H and O–H groups in total. The molecule has 27 heavy (non-hydrogen) atoms. The molecule has 0 spiro atoms. The smallest absolute Gasteiger partial charge is 0.411 e. The van der Waals surface area contributed by atoms with Gasteiger partial charge in [-0.15, -0.1) is 0 Å². The Morgan fingerprint density at radius 1 is 0.852 bits per heavy atom. The first-order valence-electron chi connectivity index (χ1n) is 8.47. The SMILES string of the molecule is COC(=O)Nc1ccc(NC(=O)[C@@H](C)Oc2cccc3ccccc23)cc1. The molecule has 0 bridgehead atoms. The van der Waals surface area contributed by atoms with Crippen molar-refractivity contribution in [3.63, 3.8) is 0 Å². The highest BCUT2D eigenvalue weighted by Crippen LogP contribution is 2.26. The molecule has 3 aromatic rings. The average molecular weight is 364 g/mol. The third kappa shape index (κ3) is 4.55. The van der Waals surface area contributed by atoms with E-state index in [1.165, 1.54) is 7.11 Å². The third-order valence-corrected chi connectivity index (χ3v) is 4.01. The van der Waals surface area contributed by atoms with Crippen LogP contribution in [0.4, 0.5) is 16.2 Å². The minimum atomic E-state index is -0.677. The van der Waals surface area contributed by atoms with Crippen molar-refractivity contribution in [3.05, 3.63) is 66.7 Å². The second-order valence-electron chi connectivity index (χ2n) is 5.92. The highest BCUT2D eigenvalue weighted by molar-refractivity contribution is 5.95. The lowest BCUT2D eigenvalue weighted by molar-refractivity contribution is -0.122. The van der Waals surface area contributed by atoms with E-state index in [2.05, 4.69) is 15.4 Å². The zero-order valence-corrected chi connectivity index (χ0v) is 15.1. The fourth-order valence-electron chi connectivity index (χ4n) is 2.59. The molecule has 0 heterocycles. The van der Waals surface area contributed by atoms with Gasteiger partial charge in [-0.25, -0.2) is 4.79 Å². The van der Waals surface area contributed by atoms with Crippen LogP contribution >= 0.6 is 0 Å². The number of amides is 2. The molecule has 3 aromatic carbocycles. The number of hydrogen-bond donors (Lipinski definition) is 2. The number of carbonyl (C=O) groups is 2. The monoisotopic (exact) mass is 364 g/mol. The lowest BCUT2D eigenvalue weighted by Gasteiger charge is -2.16. The summed E-state index contributed by atoms with van der Waals surface area (Å²) >= 11 is 0. The fourth-order valence-corrected chi connectivity index (χ4v) is 2.59. The van der Waals surface area contributed by atoms with Gasteiger partial charge in [0.05, 0.1) is 7.11 Å². The van der Waals surface area contributed by atoms with Crippen LogP contribution in [0.25, 0.3) is 10.8 Å². The van der Waals surface area contributed by atoms with Gasteiger partial charge in [-0.1, -0.05) is 36.4 Å². The zero-order valence-electron chi connectivity index (χ0n) is 15.1. The first-order valence-corrected chi connectivity index (χ1v) is 8.47. The fraction of sp³-hybridized carbons (Fsp3) is 0.143. The van der Waals surface area contributed by atoms with Crippen molar-refractivity contribution in [2.45, 2.75) is 13.0 Å². The number of methoxy groups -OCH3 is 1. The molecule has 3 rings (SSSR count). The maximum atomic E-state index is 12.4. The standard InChI is InChI=1S/C21H20N2O4/c1-14(27-19-9-5-7-15-6-3-4-8-18(15)19)20(24)22-16-10-12-17(13-11-16)23-21(25)26-2/h3-14H,1-2H3,(H,22,24)(H,23,25)/t14-/m1/s1. The van der Waals surface area contributed by atoms with Crippen LogP contribution in [0.1, 0.15) is 6.92 Å². The Kier molecular flexibility index (Phi) is 5.56. The van der Waals surface area contributed by atoms with Crippen LogP contribution in [0.2, 0.25) is 0 Å². The molecule has 0 aliphatic carbocycles. The molecule has 0 aromatic heterocycles. The van der Waals surface area contributed by atoms with Gasteiger partial charge in [-0.05, 0) is 42.6 Å². The number of ether oxygens (including phenoxy) is 2. The molecular weight excluding hydrogens is 344 g/mol. The predicted octanol–water partition coefficient (Wildman–Crippen LogP) is 4.42. The van der Waals surface area contributed by atoms with Crippen molar-refractivity contribution in [1.29, 1.82) is 0 Å². The Morgan fingerprint density at radius 2 is 1.48 bits per heavy atom. The van der Waals surface area contributed by atoms with Crippen LogP contribution in [0.5, 0.6) is 5.75 Å². The summed E-state index contributed by atoms with van der Waals surface area (Å²) in [6.45, 7) is 1.70. The number of benzene rings is 3. The Balaban J connectivity index is 1.64. The average Bonchev–Trinajstić information content (AvgIpc) is 2.69. The number of carbonyl (C=O) groups excluding carboxylic acids is 2. The molecule has 0 aliphatic heterocycles. The second kappa shape index (κ2) is 8.23. The quantitative estimate of drug-likeness (QED) is 0.702. The predicted molar refractivity (Wildman–Crippen MR) is 105 cm³/mol. The van der Waals surface area contributed by atoms with E-state index in [0.717, 1.165) is 10.8 Å². The molecule has 0 unspecified atom stereocenters. The van der Waals surface area contributed by atoms with E-state index in [-0.39, 0.29) is 5.91 Å². The van der Waals surface area contributed by atoms with Gasteiger partial charge < -0.3 is 14.8 Å². The Morgan fingerprint density at radius 3 is 2.19 bits per heavy atom. The van der Waals surface area contributed by atoms with E-state index in [1.54, 1.807) is 31.2 Å². The number of hydrogen-bond acceptors (Lipinski definition) is 4. The third-order valence-electron chi connectivity index (χ3n) is 4.01. The minimum absolute atomic E-state index is 0.267. The van der Waals surface area contributed by atoms with Crippen molar-refractivity contribution in [2.24, 2.45) is 0 Å². The largest absolute Gasteiger partial charge is 0.480 e. The van der Waals surface area contributed by atoms with Gasteiger partial charge in [0.1, 0.15) is 5.75 Å². The summed E-state index contributed by atoms with van der Waals surface area (Å²) in [5, 5.41) is 7.35. The molecule has 0 aliphatic rings. The molecule has 2 amide bonds. The number of fused-ring (bicyclic) bond motifs is 1. The lowest BCUT2D eigenvalue weighted by Crippen LogP contribution is -2.30. The molecule has 6 nitrogen and oxygen atoms in total. The summed E-state index contributed by atoms with van der Waals surface area (Å²) in [4.78, 5) is 23.6. The van der Waals surface area contributed by atoms with E-state index >= 15 is 0 Å². The van der Waals surface area contributed by atoms with Crippen molar-refractivity contribution < 1.29 is 19.1 Å². The maximum Gasteiger partial charge on any atom is 0.411 e. The van der Waals surface area contributed by atoms with Gasteiger partial charge in [0.2, 0.25) is 0 Å². The molecule has 1 atom stereocenters.